The Bertz CT molecular complexity index is 1030. The van der Waals surface area contributed by atoms with Crippen molar-refractivity contribution in [3.05, 3.63) is 82.6 Å². The van der Waals surface area contributed by atoms with Gasteiger partial charge in [-0.3, -0.25) is 9.59 Å². The molecule has 5 heteroatoms. The zero-order chi connectivity index (χ0) is 21.8. The van der Waals surface area contributed by atoms with Crippen LogP contribution < -0.4 is 0 Å². The van der Waals surface area contributed by atoms with Crippen LogP contribution in [0.15, 0.2) is 71.4 Å². The van der Waals surface area contributed by atoms with E-state index >= 15 is 0 Å². The van der Waals surface area contributed by atoms with Gasteiger partial charge in [-0.1, -0.05) is 54.6 Å². The van der Waals surface area contributed by atoms with Gasteiger partial charge in [-0.05, 0) is 51.9 Å². The summed E-state index contributed by atoms with van der Waals surface area (Å²) in [6.45, 7) is 1.10. The number of likely N-dealkylation sites (tertiary alicyclic amines) is 1. The minimum absolute atomic E-state index is 0.0902. The Morgan fingerprint density at radius 3 is 2.35 bits per heavy atom. The van der Waals surface area contributed by atoms with Crippen LogP contribution in [0.1, 0.15) is 17.5 Å². The Hall–Kier alpha value is -2.92. The molecule has 1 aromatic heterocycles. The van der Waals surface area contributed by atoms with E-state index in [9.17, 15) is 9.59 Å². The molecule has 2 heterocycles. The van der Waals surface area contributed by atoms with Crippen LogP contribution in [0.3, 0.4) is 0 Å². The lowest BCUT2D eigenvalue weighted by molar-refractivity contribution is -0.139. The van der Waals surface area contributed by atoms with Gasteiger partial charge in [0.25, 0.3) is 0 Å². The minimum atomic E-state index is -0.570. The van der Waals surface area contributed by atoms with Gasteiger partial charge >= 0.3 is 0 Å². The number of nitrogens with zero attached hydrogens (tertiary/aromatic N) is 2. The first kappa shape index (κ1) is 21.3. The fraction of sp³-hybridized carbons (Fsp3) is 0.308. The second-order valence-corrected chi connectivity index (χ2v) is 9.37. The van der Waals surface area contributed by atoms with Gasteiger partial charge in [-0.15, -0.1) is 0 Å². The van der Waals surface area contributed by atoms with Crippen LogP contribution in [0, 0.1) is 5.41 Å². The zero-order valence-electron chi connectivity index (χ0n) is 18.1. The van der Waals surface area contributed by atoms with E-state index in [1.54, 1.807) is 30.3 Å². The summed E-state index contributed by atoms with van der Waals surface area (Å²) in [4.78, 5) is 29.7. The van der Waals surface area contributed by atoms with E-state index in [4.69, 9.17) is 0 Å². The molecule has 0 spiro atoms. The number of amides is 2. The summed E-state index contributed by atoms with van der Waals surface area (Å²) >= 11 is 1.69. The highest BCUT2D eigenvalue weighted by Gasteiger charge is 2.46. The molecular weight excluding hydrogens is 404 g/mol. The van der Waals surface area contributed by atoms with Gasteiger partial charge in [0.05, 0.1) is 11.8 Å². The van der Waals surface area contributed by atoms with E-state index in [1.165, 1.54) is 11.1 Å². The molecule has 0 aliphatic carbocycles. The molecule has 0 N–H and O–H groups in total. The van der Waals surface area contributed by atoms with Crippen LogP contribution >= 0.6 is 11.3 Å². The van der Waals surface area contributed by atoms with Crippen molar-refractivity contribution in [3.8, 4) is 11.1 Å². The molecule has 1 aliphatic rings. The lowest BCUT2D eigenvalue weighted by Gasteiger charge is -2.31. The first-order chi connectivity index (χ1) is 15.0. The number of rotatable bonds is 6. The first-order valence-electron chi connectivity index (χ1n) is 10.6. The molecular formula is C26H28N2O2S. The van der Waals surface area contributed by atoms with E-state index in [-0.39, 0.29) is 11.8 Å². The first-order valence-corrected chi connectivity index (χ1v) is 11.6. The normalized spacial score (nSPS) is 18.2. The van der Waals surface area contributed by atoms with E-state index in [1.807, 2.05) is 35.2 Å². The minimum Gasteiger partial charge on any atom is -0.348 e. The summed E-state index contributed by atoms with van der Waals surface area (Å²) in [6.07, 6.45) is 1.71. The molecule has 1 aliphatic heterocycles. The summed E-state index contributed by atoms with van der Waals surface area (Å²) in [5.74, 6) is 0.192. The average Bonchev–Trinajstić information content (AvgIpc) is 3.46. The topological polar surface area (TPSA) is 40.6 Å². The maximum Gasteiger partial charge on any atom is 0.230 e. The standard InChI is InChI=1S/C26H28N2O2S/c1-27(2)25(30)26(17-21-8-10-22(11-9-21)23-12-15-31-18-23)13-14-28(19-26)24(29)16-20-6-4-3-5-7-20/h3-12,15,18H,13-14,16-17,19H2,1-2H3. The third kappa shape index (κ3) is 4.72. The summed E-state index contributed by atoms with van der Waals surface area (Å²) in [7, 11) is 3.61. The number of benzene rings is 2. The Labute approximate surface area is 188 Å². The average molecular weight is 433 g/mol. The Balaban J connectivity index is 1.51. The van der Waals surface area contributed by atoms with Crippen molar-refractivity contribution in [2.75, 3.05) is 27.2 Å². The predicted octanol–water partition coefficient (Wildman–Crippen LogP) is 4.51. The maximum absolute atomic E-state index is 13.2. The number of hydrogen-bond acceptors (Lipinski definition) is 3. The summed E-state index contributed by atoms with van der Waals surface area (Å²) in [5.41, 5.74) is 3.97. The van der Waals surface area contributed by atoms with Gasteiger partial charge in [0.2, 0.25) is 11.8 Å². The van der Waals surface area contributed by atoms with Crippen LogP contribution in [0.5, 0.6) is 0 Å². The number of carbonyl (C=O) groups is 2. The van der Waals surface area contributed by atoms with Gasteiger partial charge < -0.3 is 9.80 Å². The van der Waals surface area contributed by atoms with E-state index < -0.39 is 5.41 Å². The molecule has 3 aromatic rings. The monoisotopic (exact) mass is 432 g/mol. The van der Waals surface area contributed by atoms with Crippen molar-refractivity contribution < 1.29 is 9.59 Å². The van der Waals surface area contributed by atoms with Crippen molar-refractivity contribution in [1.82, 2.24) is 9.80 Å². The van der Waals surface area contributed by atoms with Crippen LogP contribution in [0.4, 0.5) is 0 Å². The molecule has 1 saturated heterocycles. The summed E-state index contributed by atoms with van der Waals surface area (Å²) in [5, 5.41) is 4.22. The molecule has 1 unspecified atom stereocenters. The van der Waals surface area contributed by atoms with Crippen molar-refractivity contribution in [2.45, 2.75) is 19.3 Å². The molecule has 1 atom stereocenters. The molecule has 0 bridgehead atoms. The molecule has 4 rings (SSSR count). The predicted molar refractivity (Wildman–Crippen MR) is 126 cm³/mol. The molecule has 2 amide bonds. The maximum atomic E-state index is 13.2. The summed E-state index contributed by atoms with van der Waals surface area (Å²) < 4.78 is 0. The van der Waals surface area contributed by atoms with Crippen LogP contribution in [-0.2, 0) is 22.4 Å². The van der Waals surface area contributed by atoms with Crippen molar-refractivity contribution in [3.63, 3.8) is 0 Å². The smallest absolute Gasteiger partial charge is 0.230 e. The zero-order valence-corrected chi connectivity index (χ0v) is 18.9. The second-order valence-electron chi connectivity index (χ2n) is 8.59. The van der Waals surface area contributed by atoms with Crippen molar-refractivity contribution in [1.29, 1.82) is 0 Å². The SMILES string of the molecule is CN(C)C(=O)C1(Cc2ccc(-c3ccsc3)cc2)CCN(C(=O)Cc2ccccc2)C1. The molecule has 1 fully saturated rings. The lowest BCUT2D eigenvalue weighted by atomic mass is 9.79. The Morgan fingerprint density at radius 1 is 0.968 bits per heavy atom. The third-order valence-corrected chi connectivity index (χ3v) is 6.80. The second kappa shape index (κ2) is 9.06. The van der Waals surface area contributed by atoms with Crippen molar-refractivity contribution in [2.24, 2.45) is 5.41 Å². The molecule has 160 valence electrons. The highest BCUT2D eigenvalue weighted by atomic mass is 32.1. The Morgan fingerprint density at radius 2 is 1.71 bits per heavy atom. The number of hydrogen-bond donors (Lipinski definition) is 0. The van der Waals surface area contributed by atoms with Crippen LogP contribution in [-0.4, -0.2) is 48.8 Å². The van der Waals surface area contributed by atoms with Gasteiger partial charge in [0.1, 0.15) is 0 Å². The van der Waals surface area contributed by atoms with Crippen molar-refractivity contribution >= 4 is 23.2 Å². The van der Waals surface area contributed by atoms with Crippen LogP contribution in [0.25, 0.3) is 11.1 Å². The fourth-order valence-electron chi connectivity index (χ4n) is 4.47. The fourth-order valence-corrected chi connectivity index (χ4v) is 5.14. The molecule has 2 aromatic carbocycles. The van der Waals surface area contributed by atoms with E-state index in [0.29, 0.717) is 32.4 Å². The van der Waals surface area contributed by atoms with Gasteiger partial charge in [-0.25, -0.2) is 0 Å². The quantitative estimate of drug-likeness (QED) is 0.575. The lowest BCUT2D eigenvalue weighted by Crippen LogP contribution is -2.44. The highest BCUT2D eigenvalue weighted by molar-refractivity contribution is 7.08. The number of thiophene rings is 1. The van der Waals surface area contributed by atoms with E-state index in [0.717, 1.165) is 11.1 Å². The molecule has 0 saturated carbocycles. The van der Waals surface area contributed by atoms with Crippen LogP contribution in [0.2, 0.25) is 0 Å². The Kier molecular flexibility index (Phi) is 6.23. The van der Waals surface area contributed by atoms with Gasteiger partial charge in [-0.2, -0.15) is 11.3 Å². The van der Waals surface area contributed by atoms with Gasteiger partial charge in [0, 0.05) is 27.2 Å². The largest absolute Gasteiger partial charge is 0.348 e. The third-order valence-electron chi connectivity index (χ3n) is 6.12. The molecule has 31 heavy (non-hydrogen) atoms. The molecule has 4 nitrogen and oxygen atoms in total. The molecule has 0 radical (unpaired) electrons. The van der Waals surface area contributed by atoms with E-state index in [2.05, 4.69) is 41.1 Å². The highest BCUT2D eigenvalue weighted by Crippen LogP contribution is 2.37. The summed E-state index contributed by atoms with van der Waals surface area (Å²) in [6, 6.07) is 20.4. The van der Waals surface area contributed by atoms with Gasteiger partial charge in [0.15, 0.2) is 0 Å². The number of carbonyl (C=O) groups excluding carboxylic acids is 2.